The van der Waals surface area contributed by atoms with Gasteiger partial charge in [-0.15, -0.1) is 0 Å². The summed E-state index contributed by atoms with van der Waals surface area (Å²) in [5.41, 5.74) is 2.01. The van der Waals surface area contributed by atoms with Gasteiger partial charge in [-0.25, -0.2) is 0 Å². The Balaban J connectivity index is 2.79. The molecule has 0 fully saturated rings. The molecule has 1 rings (SSSR count). The van der Waals surface area contributed by atoms with Crippen LogP contribution < -0.4 is 10.1 Å². The minimum absolute atomic E-state index is 0.0593. The Hall–Kier alpha value is -1.06. The molecule has 1 atom stereocenters. The van der Waals surface area contributed by atoms with Gasteiger partial charge in [0.1, 0.15) is 12.4 Å². The first kappa shape index (κ1) is 16.0. The first-order valence-electron chi connectivity index (χ1n) is 7.01. The maximum Gasteiger partial charge on any atom is 0.122 e. The van der Waals surface area contributed by atoms with Gasteiger partial charge in [0.05, 0.1) is 12.1 Å². The van der Waals surface area contributed by atoms with E-state index < -0.39 is 5.54 Å². The zero-order valence-corrected chi connectivity index (χ0v) is 12.8. The van der Waals surface area contributed by atoms with Crippen LogP contribution in [0, 0.1) is 6.92 Å². The molecule has 0 saturated carbocycles. The fraction of sp³-hybridized carbons (Fsp3) is 0.625. The lowest BCUT2D eigenvalue weighted by atomic mass is 10.0. The second kappa shape index (κ2) is 6.92. The average molecular weight is 265 g/mol. The summed E-state index contributed by atoms with van der Waals surface area (Å²) in [4.78, 5) is 0. The van der Waals surface area contributed by atoms with E-state index in [1.54, 1.807) is 0 Å². The van der Waals surface area contributed by atoms with E-state index >= 15 is 0 Å². The van der Waals surface area contributed by atoms with Crippen molar-refractivity contribution in [3.05, 3.63) is 29.3 Å². The number of ether oxygens (including phenoxy) is 1. The molecule has 0 saturated heterocycles. The molecule has 0 amide bonds. The van der Waals surface area contributed by atoms with Crippen LogP contribution >= 0.6 is 0 Å². The number of aliphatic hydroxyl groups excluding tert-OH is 1. The van der Waals surface area contributed by atoms with Crippen LogP contribution in [0.15, 0.2) is 18.2 Å². The summed E-state index contributed by atoms with van der Waals surface area (Å²) in [6, 6.07) is 6.33. The molecule has 0 radical (unpaired) electrons. The van der Waals surface area contributed by atoms with E-state index in [0.717, 1.165) is 17.9 Å². The van der Waals surface area contributed by atoms with Crippen LogP contribution in [0.25, 0.3) is 0 Å². The maximum absolute atomic E-state index is 9.46. The molecule has 1 aromatic carbocycles. The molecule has 3 heteroatoms. The van der Waals surface area contributed by atoms with E-state index in [2.05, 4.69) is 37.4 Å². The molecule has 2 N–H and O–H groups in total. The molecule has 0 bridgehead atoms. The van der Waals surface area contributed by atoms with E-state index in [1.807, 2.05) is 20.8 Å². The van der Waals surface area contributed by atoms with Gasteiger partial charge in [-0.05, 0) is 43.5 Å². The number of rotatable bonds is 7. The van der Waals surface area contributed by atoms with Gasteiger partial charge in [0, 0.05) is 0 Å². The average Bonchev–Trinajstić information content (AvgIpc) is 2.38. The van der Waals surface area contributed by atoms with Crippen LogP contribution in [0.1, 0.15) is 44.7 Å². The highest BCUT2D eigenvalue weighted by Gasteiger charge is 2.23. The zero-order chi connectivity index (χ0) is 14.5. The lowest BCUT2D eigenvalue weighted by Gasteiger charge is -2.28. The standard InChI is InChI=1S/C16H27NO2/c1-6-17-16(5,10-18)11-19-15-9-14(12(2)3)8-7-13(15)4/h7-9,12,17-18H,6,10-11H2,1-5H3. The minimum atomic E-state index is -0.394. The first-order valence-corrected chi connectivity index (χ1v) is 7.01. The predicted molar refractivity (Wildman–Crippen MR) is 79.9 cm³/mol. The fourth-order valence-electron chi connectivity index (χ4n) is 1.95. The van der Waals surface area contributed by atoms with Crippen molar-refractivity contribution in [1.82, 2.24) is 5.32 Å². The normalized spacial score (nSPS) is 14.5. The third kappa shape index (κ3) is 4.51. The van der Waals surface area contributed by atoms with Crippen molar-refractivity contribution in [1.29, 1.82) is 0 Å². The van der Waals surface area contributed by atoms with E-state index in [0.29, 0.717) is 12.5 Å². The van der Waals surface area contributed by atoms with Gasteiger partial charge in [0.2, 0.25) is 0 Å². The molecule has 1 unspecified atom stereocenters. The molecular formula is C16H27NO2. The molecule has 0 spiro atoms. The number of likely N-dealkylation sites (N-methyl/N-ethyl adjacent to an activating group) is 1. The van der Waals surface area contributed by atoms with E-state index in [-0.39, 0.29) is 6.61 Å². The van der Waals surface area contributed by atoms with Crippen LogP contribution in [-0.2, 0) is 0 Å². The SMILES string of the molecule is CCNC(C)(CO)COc1cc(C(C)C)ccc1C. The molecule has 0 aliphatic carbocycles. The van der Waals surface area contributed by atoms with Gasteiger partial charge in [0.15, 0.2) is 0 Å². The molecule has 19 heavy (non-hydrogen) atoms. The van der Waals surface area contributed by atoms with Gasteiger partial charge in [0.25, 0.3) is 0 Å². The molecule has 108 valence electrons. The highest BCUT2D eigenvalue weighted by molar-refractivity contribution is 5.37. The van der Waals surface area contributed by atoms with Gasteiger partial charge in [-0.2, -0.15) is 0 Å². The monoisotopic (exact) mass is 265 g/mol. The quantitative estimate of drug-likeness (QED) is 0.796. The predicted octanol–water partition coefficient (Wildman–Crippen LogP) is 2.86. The Morgan fingerprint density at radius 1 is 1.37 bits per heavy atom. The molecule has 0 heterocycles. The molecule has 0 aliphatic heterocycles. The summed E-state index contributed by atoms with van der Waals surface area (Å²) in [6.45, 7) is 11.7. The first-order chi connectivity index (χ1) is 8.91. The van der Waals surface area contributed by atoms with Crippen LogP contribution in [0.5, 0.6) is 5.75 Å². The lowest BCUT2D eigenvalue weighted by molar-refractivity contribution is 0.117. The second-order valence-corrected chi connectivity index (χ2v) is 5.72. The maximum atomic E-state index is 9.46. The number of aliphatic hydroxyl groups is 1. The highest BCUT2D eigenvalue weighted by Crippen LogP contribution is 2.25. The Morgan fingerprint density at radius 2 is 2.05 bits per heavy atom. The topological polar surface area (TPSA) is 41.5 Å². The summed E-state index contributed by atoms with van der Waals surface area (Å²) >= 11 is 0. The zero-order valence-electron chi connectivity index (χ0n) is 12.8. The number of nitrogens with one attached hydrogen (secondary N) is 1. The third-order valence-corrected chi connectivity index (χ3v) is 3.38. The highest BCUT2D eigenvalue weighted by atomic mass is 16.5. The molecule has 0 aromatic heterocycles. The molecular weight excluding hydrogens is 238 g/mol. The Kier molecular flexibility index (Phi) is 5.83. The van der Waals surface area contributed by atoms with E-state index in [1.165, 1.54) is 5.56 Å². The Bertz CT molecular complexity index is 404. The number of aryl methyl sites for hydroxylation is 1. The third-order valence-electron chi connectivity index (χ3n) is 3.38. The van der Waals surface area contributed by atoms with Crippen molar-refractivity contribution in [2.45, 2.75) is 46.1 Å². The van der Waals surface area contributed by atoms with Crippen molar-refractivity contribution in [3.63, 3.8) is 0 Å². The smallest absolute Gasteiger partial charge is 0.122 e. The Labute approximate surface area is 117 Å². The minimum Gasteiger partial charge on any atom is -0.491 e. The van der Waals surface area contributed by atoms with E-state index in [4.69, 9.17) is 4.74 Å². The van der Waals surface area contributed by atoms with Crippen LogP contribution in [0.2, 0.25) is 0 Å². The van der Waals surface area contributed by atoms with Gasteiger partial charge in [-0.1, -0.05) is 32.9 Å². The summed E-state index contributed by atoms with van der Waals surface area (Å²) < 4.78 is 5.91. The van der Waals surface area contributed by atoms with Crippen molar-refractivity contribution in [3.8, 4) is 5.75 Å². The summed E-state index contributed by atoms with van der Waals surface area (Å²) in [6.07, 6.45) is 0. The lowest BCUT2D eigenvalue weighted by Crippen LogP contribution is -2.50. The van der Waals surface area contributed by atoms with Crippen LogP contribution in [0.3, 0.4) is 0 Å². The number of hydrogen-bond acceptors (Lipinski definition) is 3. The molecule has 0 aliphatic rings. The summed E-state index contributed by atoms with van der Waals surface area (Å²) in [5, 5.41) is 12.7. The summed E-state index contributed by atoms with van der Waals surface area (Å²) in [7, 11) is 0. The van der Waals surface area contributed by atoms with Crippen molar-refractivity contribution >= 4 is 0 Å². The van der Waals surface area contributed by atoms with Gasteiger partial charge < -0.3 is 15.2 Å². The van der Waals surface area contributed by atoms with Crippen LogP contribution in [-0.4, -0.2) is 30.4 Å². The largest absolute Gasteiger partial charge is 0.491 e. The molecule has 1 aromatic rings. The van der Waals surface area contributed by atoms with Gasteiger partial charge in [-0.3, -0.25) is 0 Å². The van der Waals surface area contributed by atoms with E-state index in [9.17, 15) is 5.11 Å². The number of hydrogen-bond donors (Lipinski definition) is 2. The van der Waals surface area contributed by atoms with Crippen LogP contribution in [0.4, 0.5) is 0 Å². The Morgan fingerprint density at radius 3 is 2.58 bits per heavy atom. The van der Waals surface area contributed by atoms with Crippen molar-refractivity contribution < 1.29 is 9.84 Å². The van der Waals surface area contributed by atoms with Crippen molar-refractivity contribution in [2.75, 3.05) is 19.8 Å². The summed E-state index contributed by atoms with van der Waals surface area (Å²) in [5.74, 6) is 1.39. The number of benzene rings is 1. The van der Waals surface area contributed by atoms with Crippen molar-refractivity contribution in [2.24, 2.45) is 0 Å². The van der Waals surface area contributed by atoms with Gasteiger partial charge >= 0.3 is 0 Å². The second-order valence-electron chi connectivity index (χ2n) is 5.72. The molecule has 3 nitrogen and oxygen atoms in total. The fourth-order valence-corrected chi connectivity index (χ4v) is 1.95.